The van der Waals surface area contributed by atoms with Gasteiger partial charge in [-0.15, -0.1) is 0 Å². The molecule has 0 saturated carbocycles. The lowest BCUT2D eigenvalue weighted by Crippen LogP contribution is -2.17. The lowest BCUT2D eigenvalue weighted by atomic mass is 9.78. The number of nitrogens with zero attached hydrogens (tertiary/aromatic N) is 1. The number of nitriles is 1. The van der Waals surface area contributed by atoms with Crippen molar-refractivity contribution < 1.29 is 13.5 Å². The van der Waals surface area contributed by atoms with E-state index < -0.39 is 9.84 Å². The Morgan fingerprint density at radius 2 is 1.45 bits per heavy atom. The van der Waals surface area contributed by atoms with Crippen LogP contribution in [0.2, 0.25) is 0 Å². The third-order valence-corrected chi connectivity index (χ3v) is 6.32. The van der Waals surface area contributed by atoms with E-state index in [1.807, 2.05) is 47.6 Å². The molecule has 2 aromatic rings. The molecule has 0 bridgehead atoms. The molecule has 154 valence electrons. The highest BCUT2D eigenvalue weighted by molar-refractivity contribution is 7.95. The minimum atomic E-state index is -3.99. The number of aromatic hydroxyl groups is 1. The second-order valence-corrected chi connectivity index (χ2v) is 11.1. The average Bonchev–Trinajstić information content (AvgIpc) is 2.58. The van der Waals surface area contributed by atoms with Crippen LogP contribution in [-0.4, -0.2) is 13.5 Å². The molecule has 0 atom stereocenters. The number of nitrogen functional groups attached to an aromatic ring is 1. The summed E-state index contributed by atoms with van der Waals surface area (Å²) in [6.07, 6.45) is 1.36. The molecule has 0 spiro atoms. The number of rotatable bonds is 3. The second kappa shape index (κ2) is 7.57. The van der Waals surface area contributed by atoms with Crippen molar-refractivity contribution in [3.63, 3.8) is 0 Å². The van der Waals surface area contributed by atoms with Gasteiger partial charge in [0.05, 0.1) is 4.90 Å². The number of phenolic OH excluding ortho intramolecular Hbond substituents is 1. The minimum Gasteiger partial charge on any atom is -0.507 e. The van der Waals surface area contributed by atoms with Crippen molar-refractivity contribution in [2.24, 2.45) is 0 Å². The highest BCUT2D eigenvalue weighted by atomic mass is 32.2. The van der Waals surface area contributed by atoms with Crippen LogP contribution in [0.1, 0.15) is 58.2 Å². The summed E-state index contributed by atoms with van der Waals surface area (Å²) in [7, 11) is -3.99. The molecule has 6 heteroatoms. The summed E-state index contributed by atoms with van der Waals surface area (Å²) in [5.41, 5.74) is 7.28. The van der Waals surface area contributed by atoms with Crippen LogP contribution in [0.15, 0.2) is 46.2 Å². The standard InChI is InChI=1S/C23H28N2O3S/c1-22(2,3)19-12-15(13-20(21(19)26)23(4,5)6)11-18(14-24)29(27,28)17-9-7-16(25)8-10-17/h7-13,26H,25H2,1-6H3/b18-11+. The van der Waals surface area contributed by atoms with Gasteiger partial charge in [0.15, 0.2) is 0 Å². The predicted octanol–water partition coefficient (Wildman–Crippen LogP) is 4.91. The molecule has 0 fully saturated rings. The lowest BCUT2D eigenvalue weighted by molar-refractivity contribution is 0.423. The number of phenols is 1. The third-order valence-electron chi connectivity index (χ3n) is 4.64. The Kier molecular flexibility index (Phi) is 5.87. The van der Waals surface area contributed by atoms with E-state index in [1.165, 1.54) is 30.3 Å². The molecule has 2 rings (SSSR count). The number of sulfone groups is 1. The molecule has 0 heterocycles. The van der Waals surface area contributed by atoms with Gasteiger partial charge in [0.1, 0.15) is 16.7 Å². The Bertz CT molecular complexity index is 1060. The van der Waals surface area contributed by atoms with E-state index in [-0.39, 0.29) is 26.4 Å². The van der Waals surface area contributed by atoms with Gasteiger partial charge >= 0.3 is 0 Å². The number of nitrogens with two attached hydrogens (primary N) is 1. The summed E-state index contributed by atoms with van der Waals surface area (Å²) < 4.78 is 25.9. The number of hydrogen-bond donors (Lipinski definition) is 2. The Hall–Kier alpha value is -2.78. The zero-order valence-electron chi connectivity index (χ0n) is 17.7. The van der Waals surface area contributed by atoms with Crippen molar-refractivity contribution in [1.29, 1.82) is 5.26 Å². The van der Waals surface area contributed by atoms with Crippen LogP contribution in [0.4, 0.5) is 5.69 Å². The second-order valence-electron chi connectivity index (χ2n) is 9.16. The summed E-state index contributed by atoms with van der Waals surface area (Å²) in [4.78, 5) is -0.363. The molecular formula is C23H28N2O3S. The Balaban J connectivity index is 2.73. The molecule has 0 radical (unpaired) electrons. The third kappa shape index (κ3) is 4.80. The van der Waals surface area contributed by atoms with E-state index in [9.17, 15) is 18.8 Å². The van der Waals surface area contributed by atoms with Crippen molar-refractivity contribution in [3.8, 4) is 11.8 Å². The van der Waals surface area contributed by atoms with Gasteiger partial charge in [-0.05, 0) is 58.9 Å². The van der Waals surface area contributed by atoms with Crippen LogP contribution in [0.3, 0.4) is 0 Å². The molecule has 0 aromatic heterocycles. The maximum atomic E-state index is 12.9. The predicted molar refractivity (Wildman–Crippen MR) is 117 cm³/mol. The number of allylic oxidation sites excluding steroid dienone is 1. The molecule has 0 amide bonds. The van der Waals surface area contributed by atoms with Gasteiger partial charge < -0.3 is 10.8 Å². The highest BCUT2D eigenvalue weighted by Crippen LogP contribution is 2.40. The van der Waals surface area contributed by atoms with Gasteiger partial charge in [-0.3, -0.25) is 0 Å². The summed E-state index contributed by atoms with van der Waals surface area (Å²) in [6.45, 7) is 11.8. The van der Waals surface area contributed by atoms with Crippen LogP contribution >= 0.6 is 0 Å². The van der Waals surface area contributed by atoms with Crippen LogP contribution in [0.25, 0.3) is 6.08 Å². The van der Waals surface area contributed by atoms with Crippen molar-refractivity contribution in [2.75, 3.05) is 5.73 Å². The zero-order chi connectivity index (χ0) is 22.2. The molecule has 0 aliphatic rings. The van der Waals surface area contributed by atoms with E-state index in [0.29, 0.717) is 22.4 Å². The van der Waals surface area contributed by atoms with Crippen molar-refractivity contribution in [1.82, 2.24) is 0 Å². The number of benzene rings is 2. The first kappa shape index (κ1) is 22.5. The smallest absolute Gasteiger partial charge is 0.216 e. The van der Waals surface area contributed by atoms with Gasteiger partial charge in [-0.1, -0.05) is 41.5 Å². The van der Waals surface area contributed by atoms with Crippen LogP contribution in [0.5, 0.6) is 5.75 Å². The lowest BCUT2D eigenvalue weighted by Gasteiger charge is -2.28. The first-order chi connectivity index (χ1) is 13.2. The Morgan fingerprint density at radius 3 is 1.83 bits per heavy atom. The molecule has 3 N–H and O–H groups in total. The topological polar surface area (TPSA) is 104 Å². The summed E-state index contributed by atoms with van der Waals surface area (Å²) in [5, 5.41) is 20.4. The minimum absolute atomic E-state index is 0.00497. The zero-order valence-corrected chi connectivity index (χ0v) is 18.6. The van der Waals surface area contributed by atoms with E-state index in [4.69, 9.17) is 5.73 Å². The van der Waals surface area contributed by atoms with Crippen molar-refractivity contribution in [3.05, 3.63) is 58.0 Å². The van der Waals surface area contributed by atoms with Crippen LogP contribution < -0.4 is 5.73 Å². The monoisotopic (exact) mass is 412 g/mol. The van der Waals surface area contributed by atoms with Gasteiger partial charge in [-0.25, -0.2) is 8.42 Å². The quantitative estimate of drug-likeness (QED) is 0.551. The molecule has 0 saturated heterocycles. The Labute approximate surface area is 173 Å². The number of anilines is 1. The first-order valence-corrected chi connectivity index (χ1v) is 10.8. The molecule has 2 aromatic carbocycles. The maximum Gasteiger partial charge on any atom is 0.216 e. The molecule has 29 heavy (non-hydrogen) atoms. The maximum absolute atomic E-state index is 12.9. The summed E-state index contributed by atoms with van der Waals surface area (Å²) in [5.74, 6) is 0.196. The fraction of sp³-hybridized carbons (Fsp3) is 0.348. The number of hydrogen-bond acceptors (Lipinski definition) is 5. The Morgan fingerprint density at radius 1 is 1.00 bits per heavy atom. The van der Waals surface area contributed by atoms with E-state index >= 15 is 0 Å². The highest BCUT2D eigenvalue weighted by Gasteiger charge is 2.27. The first-order valence-electron chi connectivity index (χ1n) is 9.28. The average molecular weight is 413 g/mol. The summed E-state index contributed by atoms with van der Waals surface area (Å²) in [6, 6.07) is 11.0. The van der Waals surface area contributed by atoms with Crippen LogP contribution in [-0.2, 0) is 20.7 Å². The van der Waals surface area contributed by atoms with Crippen molar-refractivity contribution in [2.45, 2.75) is 57.3 Å². The SMILES string of the molecule is CC(C)(C)c1cc(/C=C(\C#N)S(=O)(=O)c2ccc(N)cc2)cc(C(C)(C)C)c1O. The van der Waals surface area contributed by atoms with Crippen molar-refractivity contribution >= 4 is 21.6 Å². The fourth-order valence-corrected chi connectivity index (χ4v) is 4.14. The van der Waals surface area contributed by atoms with Gasteiger partial charge in [0, 0.05) is 16.8 Å². The fourth-order valence-electron chi connectivity index (χ4n) is 2.98. The molecule has 0 aliphatic carbocycles. The van der Waals surface area contributed by atoms with Gasteiger partial charge in [0.25, 0.3) is 0 Å². The van der Waals surface area contributed by atoms with E-state index in [2.05, 4.69) is 0 Å². The van der Waals surface area contributed by atoms with E-state index in [0.717, 1.165) is 0 Å². The molecule has 0 unspecified atom stereocenters. The summed E-state index contributed by atoms with van der Waals surface area (Å²) >= 11 is 0. The van der Waals surface area contributed by atoms with Crippen LogP contribution in [0, 0.1) is 11.3 Å². The van der Waals surface area contributed by atoms with Gasteiger partial charge in [-0.2, -0.15) is 5.26 Å². The molecular weight excluding hydrogens is 384 g/mol. The van der Waals surface area contributed by atoms with E-state index in [1.54, 1.807) is 12.1 Å². The molecule has 5 nitrogen and oxygen atoms in total. The normalized spacial score (nSPS) is 13.2. The largest absolute Gasteiger partial charge is 0.507 e. The van der Waals surface area contributed by atoms with Gasteiger partial charge in [0.2, 0.25) is 9.84 Å². The molecule has 0 aliphatic heterocycles.